The van der Waals surface area contributed by atoms with Crippen LogP contribution < -0.4 is 10.1 Å². The minimum Gasteiger partial charge on any atom is -0.497 e. The highest BCUT2D eigenvalue weighted by Gasteiger charge is 2.30. The molecule has 5 rings (SSSR count). The van der Waals surface area contributed by atoms with Crippen molar-refractivity contribution >= 4 is 46.6 Å². The molecule has 5 aromatic rings. The van der Waals surface area contributed by atoms with Crippen molar-refractivity contribution in [3.8, 4) is 34.2 Å². The van der Waals surface area contributed by atoms with Gasteiger partial charge in [-0.3, -0.25) is 9.59 Å². The van der Waals surface area contributed by atoms with E-state index in [4.69, 9.17) is 9.72 Å². The molecule has 1 unspecified atom stereocenters. The lowest BCUT2D eigenvalue weighted by molar-refractivity contribution is -0.137. The van der Waals surface area contributed by atoms with Gasteiger partial charge in [-0.2, -0.15) is 18.4 Å². The van der Waals surface area contributed by atoms with E-state index in [2.05, 4.69) is 11.4 Å². The molecule has 3 aromatic carbocycles. The first-order valence-corrected chi connectivity index (χ1v) is 15.9. The number of nitrogens with one attached hydrogen (secondary N) is 1. The molecule has 0 bridgehead atoms. The number of aromatic nitrogens is 1. The van der Waals surface area contributed by atoms with Gasteiger partial charge in [-0.25, -0.2) is 4.98 Å². The van der Waals surface area contributed by atoms with Crippen LogP contribution in [0.4, 0.5) is 18.9 Å². The number of alkyl halides is 3. The van der Waals surface area contributed by atoms with E-state index in [-0.39, 0.29) is 22.3 Å². The summed E-state index contributed by atoms with van der Waals surface area (Å²) in [5, 5.41) is 14.5. The molecular weight excluding hydrogens is 644 g/mol. The molecule has 0 aliphatic rings. The van der Waals surface area contributed by atoms with E-state index in [0.29, 0.717) is 39.4 Å². The maximum Gasteiger partial charge on any atom is 0.416 e. The summed E-state index contributed by atoms with van der Waals surface area (Å²) in [5.41, 5.74) is 2.18. The third-order valence-electron chi connectivity index (χ3n) is 7.04. The molecule has 47 heavy (non-hydrogen) atoms. The van der Waals surface area contributed by atoms with Crippen LogP contribution in [0.15, 0.2) is 107 Å². The Morgan fingerprint density at radius 2 is 1.68 bits per heavy atom. The zero-order valence-electron chi connectivity index (χ0n) is 25.0. The molecule has 2 heterocycles. The first-order valence-electron chi connectivity index (χ1n) is 14.2. The molecule has 1 amide bonds. The molecule has 236 valence electrons. The van der Waals surface area contributed by atoms with E-state index >= 15 is 0 Å². The van der Waals surface area contributed by atoms with Gasteiger partial charge in [0, 0.05) is 27.3 Å². The Morgan fingerprint density at radius 1 is 1.00 bits per heavy atom. The summed E-state index contributed by atoms with van der Waals surface area (Å²) in [6.07, 6.45) is -1.27. The molecule has 0 saturated heterocycles. The highest BCUT2D eigenvalue weighted by Crippen LogP contribution is 2.38. The average Bonchev–Trinajstić information content (AvgIpc) is 3.61. The molecule has 1 N–H and O–H groups in total. The lowest BCUT2D eigenvalue weighted by atomic mass is 9.98. The topological polar surface area (TPSA) is 92.1 Å². The van der Waals surface area contributed by atoms with Crippen molar-refractivity contribution in [2.45, 2.75) is 23.4 Å². The maximum absolute atomic E-state index is 13.3. The number of ketones is 1. The van der Waals surface area contributed by atoms with Crippen LogP contribution in [-0.2, 0) is 11.0 Å². The number of hydrogen-bond donors (Lipinski definition) is 1. The molecule has 0 aliphatic heterocycles. The largest absolute Gasteiger partial charge is 0.497 e. The standard InChI is InChI=1S/C36H26F3N3O3S2/c1-22(34(44)41-27-13-7-25(8-14-27)33(43)18-17-29-4-3-19-46-29)47-35-31(21-40)30(23-5-11-26(12-6-23)36(37,38)39)20-32(42-35)24-9-15-28(45-2)16-10-24/h3-20,22H,1-2H3,(H,41,44)/b18-17+. The van der Waals surface area contributed by atoms with E-state index in [1.54, 1.807) is 67.6 Å². The number of carbonyl (C=O) groups is 2. The second-order valence-electron chi connectivity index (χ2n) is 10.2. The van der Waals surface area contributed by atoms with Crippen molar-refractivity contribution in [2.75, 3.05) is 12.4 Å². The molecule has 0 spiro atoms. The number of hydrogen-bond acceptors (Lipinski definition) is 7. The normalized spacial score (nSPS) is 12.0. The minimum atomic E-state index is -4.51. The zero-order chi connectivity index (χ0) is 33.6. The van der Waals surface area contributed by atoms with Gasteiger partial charge in [-0.05, 0) is 103 Å². The van der Waals surface area contributed by atoms with Gasteiger partial charge in [0.05, 0.1) is 29.2 Å². The van der Waals surface area contributed by atoms with Gasteiger partial charge in [0.25, 0.3) is 0 Å². The predicted molar refractivity (Wildman–Crippen MR) is 179 cm³/mol. The fraction of sp³-hybridized carbons (Fsp3) is 0.111. The molecule has 11 heteroatoms. The summed E-state index contributed by atoms with van der Waals surface area (Å²) in [7, 11) is 1.54. The van der Waals surface area contributed by atoms with Crippen molar-refractivity contribution < 1.29 is 27.5 Å². The molecule has 0 radical (unpaired) electrons. The Bertz CT molecular complexity index is 1950. The SMILES string of the molecule is COc1ccc(-c2cc(-c3ccc(C(F)(F)F)cc3)c(C#N)c(SC(C)C(=O)Nc3ccc(C(=O)/C=C/c4cccs4)cc3)n2)cc1. The number of nitriles is 1. The molecule has 2 aromatic heterocycles. The van der Waals surface area contributed by atoms with Crippen LogP contribution in [0.5, 0.6) is 5.75 Å². The van der Waals surface area contributed by atoms with Gasteiger partial charge >= 0.3 is 6.18 Å². The minimum absolute atomic E-state index is 0.130. The number of benzene rings is 3. The van der Waals surface area contributed by atoms with Crippen LogP contribution in [0.1, 0.15) is 33.3 Å². The Morgan fingerprint density at radius 3 is 2.28 bits per heavy atom. The van der Waals surface area contributed by atoms with Gasteiger partial charge < -0.3 is 10.1 Å². The molecule has 1 atom stereocenters. The number of thioether (sulfide) groups is 1. The smallest absolute Gasteiger partial charge is 0.416 e. The summed E-state index contributed by atoms with van der Waals surface area (Å²) >= 11 is 2.58. The Balaban J connectivity index is 1.40. The average molecular weight is 670 g/mol. The summed E-state index contributed by atoms with van der Waals surface area (Å²) < 4.78 is 45.0. The number of halogens is 3. The molecule has 6 nitrogen and oxygen atoms in total. The van der Waals surface area contributed by atoms with Crippen LogP contribution >= 0.6 is 23.1 Å². The lowest BCUT2D eigenvalue weighted by Gasteiger charge is -2.16. The summed E-state index contributed by atoms with van der Waals surface area (Å²) in [6.45, 7) is 1.66. The highest BCUT2D eigenvalue weighted by molar-refractivity contribution is 8.00. The van der Waals surface area contributed by atoms with Gasteiger partial charge in [-0.15, -0.1) is 11.3 Å². The third-order valence-corrected chi connectivity index (χ3v) is 8.97. The molecular formula is C36H26F3N3O3S2. The lowest BCUT2D eigenvalue weighted by Crippen LogP contribution is -2.22. The molecule has 0 aliphatic carbocycles. The Kier molecular flexibility index (Phi) is 10.2. The number of amides is 1. The monoisotopic (exact) mass is 669 g/mol. The fourth-order valence-electron chi connectivity index (χ4n) is 4.51. The summed E-state index contributed by atoms with van der Waals surface area (Å²) in [5.74, 6) is 0.0803. The number of carbonyl (C=O) groups excluding carboxylic acids is 2. The number of anilines is 1. The number of allylic oxidation sites excluding steroid dienone is 1. The van der Waals surface area contributed by atoms with E-state index in [9.17, 15) is 28.0 Å². The van der Waals surface area contributed by atoms with E-state index in [1.165, 1.54) is 36.7 Å². The van der Waals surface area contributed by atoms with Crippen LogP contribution in [-0.4, -0.2) is 29.0 Å². The third kappa shape index (κ3) is 8.16. The van der Waals surface area contributed by atoms with Crippen molar-refractivity contribution in [1.82, 2.24) is 4.98 Å². The maximum atomic E-state index is 13.3. The van der Waals surface area contributed by atoms with Crippen molar-refractivity contribution in [1.29, 1.82) is 5.26 Å². The zero-order valence-corrected chi connectivity index (χ0v) is 26.7. The quantitative estimate of drug-likeness (QED) is 0.0905. The van der Waals surface area contributed by atoms with Gasteiger partial charge in [-0.1, -0.05) is 30.0 Å². The van der Waals surface area contributed by atoms with Crippen molar-refractivity contribution in [2.24, 2.45) is 0 Å². The van der Waals surface area contributed by atoms with Gasteiger partial charge in [0.2, 0.25) is 5.91 Å². The number of ether oxygens (including phenoxy) is 1. The van der Waals surface area contributed by atoms with Crippen LogP contribution in [0, 0.1) is 11.3 Å². The van der Waals surface area contributed by atoms with Gasteiger partial charge in [0.15, 0.2) is 5.78 Å². The second kappa shape index (κ2) is 14.5. The van der Waals surface area contributed by atoms with Gasteiger partial charge in [0.1, 0.15) is 16.8 Å². The van der Waals surface area contributed by atoms with Crippen LogP contribution in [0.3, 0.4) is 0 Å². The van der Waals surface area contributed by atoms with E-state index < -0.39 is 17.0 Å². The summed E-state index contributed by atoms with van der Waals surface area (Å²) in [4.78, 5) is 31.4. The van der Waals surface area contributed by atoms with Crippen molar-refractivity contribution in [3.05, 3.63) is 124 Å². The first kappa shape index (κ1) is 33.2. The van der Waals surface area contributed by atoms with Crippen molar-refractivity contribution in [3.63, 3.8) is 0 Å². The fourth-order valence-corrected chi connectivity index (χ4v) is 6.06. The first-order chi connectivity index (χ1) is 22.5. The van der Waals surface area contributed by atoms with E-state index in [1.807, 2.05) is 17.5 Å². The number of thiophene rings is 1. The number of methoxy groups -OCH3 is 1. The molecule has 0 fully saturated rings. The molecule has 0 saturated carbocycles. The Hall–Kier alpha value is -5.18. The van der Waals surface area contributed by atoms with Crippen LogP contribution in [0.2, 0.25) is 0 Å². The van der Waals surface area contributed by atoms with Crippen LogP contribution in [0.25, 0.3) is 28.5 Å². The Labute approximate surface area is 277 Å². The number of rotatable bonds is 10. The predicted octanol–water partition coefficient (Wildman–Crippen LogP) is 9.39. The highest BCUT2D eigenvalue weighted by atomic mass is 32.2. The second-order valence-corrected chi connectivity index (χ2v) is 12.5. The van der Waals surface area contributed by atoms with E-state index in [0.717, 1.165) is 28.8 Å². The number of nitrogens with zero attached hydrogens (tertiary/aromatic N) is 2. The summed E-state index contributed by atoms with van der Waals surface area (Å²) in [6, 6.07) is 25.7. The number of pyridine rings is 1.